The van der Waals surface area contributed by atoms with Crippen LogP contribution < -0.4 is 10.2 Å². The summed E-state index contributed by atoms with van der Waals surface area (Å²) in [7, 11) is 0. The summed E-state index contributed by atoms with van der Waals surface area (Å²) in [4.78, 5) is 23.8. The summed E-state index contributed by atoms with van der Waals surface area (Å²) in [6.45, 7) is 7.92. The van der Waals surface area contributed by atoms with Crippen LogP contribution in [-0.2, 0) is 13.1 Å². The van der Waals surface area contributed by atoms with Gasteiger partial charge in [-0.25, -0.2) is 9.97 Å². The van der Waals surface area contributed by atoms with Gasteiger partial charge in [0.2, 0.25) is 5.95 Å². The molecule has 0 unspecified atom stereocenters. The second-order valence-corrected chi connectivity index (χ2v) is 6.80. The number of carbonyl (C=O) groups is 1. The Kier molecular flexibility index (Phi) is 6.37. The van der Waals surface area contributed by atoms with Crippen molar-refractivity contribution in [1.29, 1.82) is 0 Å². The van der Waals surface area contributed by atoms with Gasteiger partial charge in [-0.15, -0.1) is 0 Å². The summed E-state index contributed by atoms with van der Waals surface area (Å²) in [5, 5.41) is 2.97. The Morgan fingerprint density at radius 1 is 1.00 bits per heavy atom. The van der Waals surface area contributed by atoms with E-state index in [2.05, 4.69) is 39.2 Å². The summed E-state index contributed by atoms with van der Waals surface area (Å²) >= 11 is 0. The van der Waals surface area contributed by atoms with Gasteiger partial charge in [-0.3, -0.25) is 4.79 Å². The predicted molar refractivity (Wildman–Crippen MR) is 112 cm³/mol. The van der Waals surface area contributed by atoms with E-state index in [1.54, 1.807) is 6.07 Å². The van der Waals surface area contributed by atoms with E-state index in [4.69, 9.17) is 0 Å². The number of aryl methyl sites for hydroxylation is 2. The predicted octanol–water partition coefficient (Wildman–Crippen LogP) is 4.05. The molecule has 144 valence electrons. The molecular weight excluding hydrogens is 348 g/mol. The average molecular weight is 374 g/mol. The molecule has 0 fully saturated rings. The Hall–Kier alpha value is -3.21. The van der Waals surface area contributed by atoms with E-state index < -0.39 is 0 Å². The fourth-order valence-electron chi connectivity index (χ4n) is 3.01. The lowest BCUT2D eigenvalue weighted by Crippen LogP contribution is -2.28. The molecule has 5 heteroatoms. The molecule has 0 spiro atoms. The van der Waals surface area contributed by atoms with Gasteiger partial charge in [-0.2, -0.15) is 0 Å². The molecule has 5 nitrogen and oxygen atoms in total. The zero-order valence-corrected chi connectivity index (χ0v) is 16.6. The second kappa shape index (κ2) is 9.13. The summed E-state index contributed by atoms with van der Waals surface area (Å²) in [5.74, 6) is 0.387. The van der Waals surface area contributed by atoms with Crippen LogP contribution in [0.25, 0.3) is 0 Å². The molecule has 3 aromatic rings. The van der Waals surface area contributed by atoms with E-state index in [9.17, 15) is 4.79 Å². The van der Waals surface area contributed by atoms with Crippen molar-refractivity contribution in [1.82, 2.24) is 15.3 Å². The van der Waals surface area contributed by atoms with Crippen molar-refractivity contribution in [3.05, 3.63) is 88.7 Å². The summed E-state index contributed by atoms with van der Waals surface area (Å²) in [6.07, 6.45) is 0. The highest BCUT2D eigenvalue weighted by molar-refractivity contribution is 5.92. The quantitative estimate of drug-likeness (QED) is 0.678. The lowest BCUT2D eigenvalue weighted by atomic mass is 10.1. The Bertz CT molecular complexity index is 940. The third-order valence-electron chi connectivity index (χ3n) is 4.66. The summed E-state index contributed by atoms with van der Waals surface area (Å²) in [6, 6.07) is 19.9. The SMILES string of the molecule is CCN(Cc1ccccc1)c1nc(C)cc(C(=O)NCc2ccccc2C)n1. The van der Waals surface area contributed by atoms with Crippen LogP contribution in [0.1, 0.15) is 39.8 Å². The minimum absolute atomic E-state index is 0.189. The molecular formula is C23H26N4O. The number of amides is 1. The van der Waals surface area contributed by atoms with Crippen LogP contribution in [0.2, 0.25) is 0 Å². The molecule has 0 radical (unpaired) electrons. The van der Waals surface area contributed by atoms with Gasteiger partial charge < -0.3 is 10.2 Å². The van der Waals surface area contributed by atoms with Gasteiger partial charge >= 0.3 is 0 Å². The molecule has 1 amide bonds. The van der Waals surface area contributed by atoms with Crippen LogP contribution in [0.5, 0.6) is 0 Å². The van der Waals surface area contributed by atoms with E-state index in [-0.39, 0.29) is 5.91 Å². The van der Waals surface area contributed by atoms with Crippen molar-refractivity contribution >= 4 is 11.9 Å². The summed E-state index contributed by atoms with van der Waals surface area (Å²) < 4.78 is 0. The van der Waals surface area contributed by atoms with Crippen LogP contribution in [0, 0.1) is 13.8 Å². The van der Waals surface area contributed by atoms with Crippen molar-refractivity contribution < 1.29 is 4.79 Å². The Morgan fingerprint density at radius 3 is 2.43 bits per heavy atom. The normalized spacial score (nSPS) is 10.5. The number of nitrogens with one attached hydrogen (secondary N) is 1. The lowest BCUT2D eigenvalue weighted by molar-refractivity contribution is 0.0945. The third kappa shape index (κ3) is 4.94. The molecule has 1 N–H and O–H groups in total. The minimum Gasteiger partial charge on any atom is -0.347 e. The first kappa shape index (κ1) is 19.5. The molecule has 0 atom stereocenters. The van der Waals surface area contributed by atoms with E-state index in [1.165, 1.54) is 5.56 Å². The van der Waals surface area contributed by atoms with Crippen LogP contribution in [0.4, 0.5) is 5.95 Å². The van der Waals surface area contributed by atoms with Crippen molar-refractivity contribution in [2.45, 2.75) is 33.9 Å². The molecule has 1 heterocycles. The number of rotatable bonds is 7. The first-order valence-corrected chi connectivity index (χ1v) is 9.54. The molecule has 0 aliphatic heterocycles. The molecule has 3 rings (SSSR count). The zero-order valence-electron chi connectivity index (χ0n) is 16.6. The van der Waals surface area contributed by atoms with E-state index in [1.807, 2.05) is 56.3 Å². The fraction of sp³-hybridized carbons (Fsp3) is 0.261. The number of benzene rings is 2. The van der Waals surface area contributed by atoms with Gasteiger partial charge in [0, 0.05) is 25.3 Å². The van der Waals surface area contributed by atoms with Crippen molar-refractivity contribution in [3.8, 4) is 0 Å². The third-order valence-corrected chi connectivity index (χ3v) is 4.66. The van der Waals surface area contributed by atoms with E-state index in [0.717, 1.165) is 23.4 Å². The molecule has 0 saturated heterocycles. The van der Waals surface area contributed by atoms with Gasteiger partial charge in [-0.1, -0.05) is 54.6 Å². The van der Waals surface area contributed by atoms with Gasteiger partial charge in [-0.05, 0) is 43.5 Å². The smallest absolute Gasteiger partial charge is 0.270 e. The second-order valence-electron chi connectivity index (χ2n) is 6.80. The first-order chi connectivity index (χ1) is 13.6. The minimum atomic E-state index is -0.189. The van der Waals surface area contributed by atoms with Gasteiger partial charge in [0.05, 0.1) is 0 Å². The average Bonchev–Trinajstić information content (AvgIpc) is 2.71. The monoisotopic (exact) mass is 374 g/mol. The number of hydrogen-bond acceptors (Lipinski definition) is 4. The highest BCUT2D eigenvalue weighted by atomic mass is 16.1. The van der Waals surface area contributed by atoms with E-state index in [0.29, 0.717) is 24.7 Å². The number of nitrogens with zero attached hydrogens (tertiary/aromatic N) is 3. The van der Waals surface area contributed by atoms with Crippen LogP contribution in [-0.4, -0.2) is 22.4 Å². The maximum absolute atomic E-state index is 12.7. The standard InChI is InChI=1S/C23H26N4O/c1-4-27(16-19-11-6-5-7-12-19)23-25-18(3)14-21(26-23)22(28)24-15-20-13-9-8-10-17(20)2/h5-14H,4,15-16H2,1-3H3,(H,24,28). The Morgan fingerprint density at radius 2 is 1.71 bits per heavy atom. The highest BCUT2D eigenvalue weighted by Crippen LogP contribution is 2.14. The van der Waals surface area contributed by atoms with Crippen LogP contribution >= 0.6 is 0 Å². The Labute approximate surface area is 166 Å². The number of hydrogen-bond donors (Lipinski definition) is 1. The molecule has 0 aliphatic carbocycles. The molecule has 0 bridgehead atoms. The number of aromatic nitrogens is 2. The number of carbonyl (C=O) groups excluding carboxylic acids is 1. The van der Waals surface area contributed by atoms with Crippen molar-refractivity contribution in [2.75, 3.05) is 11.4 Å². The molecule has 0 aliphatic rings. The number of anilines is 1. The van der Waals surface area contributed by atoms with Crippen molar-refractivity contribution in [2.24, 2.45) is 0 Å². The maximum atomic E-state index is 12.7. The summed E-state index contributed by atoms with van der Waals surface area (Å²) in [5.41, 5.74) is 4.60. The largest absolute Gasteiger partial charge is 0.347 e. The molecule has 0 saturated carbocycles. The van der Waals surface area contributed by atoms with Crippen LogP contribution in [0.15, 0.2) is 60.7 Å². The maximum Gasteiger partial charge on any atom is 0.270 e. The van der Waals surface area contributed by atoms with Crippen LogP contribution in [0.3, 0.4) is 0 Å². The first-order valence-electron chi connectivity index (χ1n) is 9.54. The van der Waals surface area contributed by atoms with E-state index >= 15 is 0 Å². The molecule has 2 aromatic carbocycles. The Balaban J connectivity index is 1.76. The molecule has 1 aromatic heterocycles. The molecule has 28 heavy (non-hydrogen) atoms. The van der Waals surface area contributed by atoms with Gasteiger partial charge in [0.15, 0.2) is 0 Å². The highest BCUT2D eigenvalue weighted by Gasteiger charge is 2.15. The van der Waals surface area contributed by atoms with Gasteiger partial charge in [0.25, 0.3) is 5.91 Å². The lowest BCUT2D eigenvalue weighted by Gasteiger charge is -2.21. The fourth-order valence-corrected chi connectivity index (χ4v) is 3.01. The van der Waals surface area contributed by atoms with Gasteiger partial charge in [0.1, 0.15) is 5.69 Å². The zero-order chi connectivity index (χ0) is 19.9. The van der Waals surface area contributed by atoms with Crippen molar-refractivity contribution in [3.63, 3.8) is 0 Å². The topological polar surface area (TPSA) is 58.1 Å².